The molecule has 0 rings (SSSR count). The standard InChI is InChI=1S/3C2H4Cl2/c3*1-2(3)4/h3*2H,1H3. The maximum Gasteiger partial charge on any atom is 0.105 e. The molecule has 0 spiro atoms. The minimum atomic E-state index is -0.222. The van der Waals surface area contributed by atoms with E-state index in [1.54, 1.807) is 20.8 Å². The van der Waals surface area contributed by atoms with E-state index in [0.29, 0.717) is 0 Å². The molecule has 0 amide bonds. The summed E-state index contributed by atoms with van der Waals surface area (Å²) in [6.07, 6.45) is 0. The van der Waals surface area contributed by atoms with Gasteiger partial charge in [0.15, 0.2) is 0 Å². The minimum Gasteiger partial charge on any atom is -0.106 e. The molecule has 0 aromatic carbocycles. The molecule has 0 fully saturated rings. The van der Waals surface area contributed by atoms with E-state index in [1.165, 1.54) is 0 Å². The van der Waals surface area contributed by atoms with E-state index in [1.807, 2.05) is 0 Å². The van der Waals surface area contributed by atoms with Crippen molar-refractivity contribution in [3.63, 3.8) is 0 Å². The summed E-state index contributed by atoms with van der Waals surface area (Å²) in [5.41, 5.74) is 0. The van der Waals surface area contributed by atoms with E-state index in [9.17, 15) is 0 Å². The van der Waals surface area contributed by atoms with Crippen molar-refractivity contribution in [1.29, 1.82) is 0 Å². The smallest absolute Gasteiger partial charge is 0.105 e. The van der Waals surface area contributed by atoms with Crippen LogP contribution >= 0.6 is 69.6 Å². The normalized spacial score (nSPS) is 9.00. The molecule has 0 heterocycles. The molecule has 0 aromatic heterocycles. The van der Waals surface area contributed by atoms with E-state index >= 15 is 0 Å². The molecule has 0 N–H and O–H groups in total. The molecular formula is C6H12Cl6. The Kier molecular flexibility index (Phi) is 24.5. The topological polar surface area (TPSA) is 0 Å². The second-order valence-electron chi connectivity index (χ2n) is 1.56. The fourth-order valence-corrected chi connectivity index (χ4v) is 0. The highest BCUT2D eigenvalue weighted by Crippen LogP contribution is 1.95. The lowest BCUT2D eigenvalue weighted by atomic mass is 11.0. The molecule has 0 aromatic rings. The van der Waals surface area contributed by atoms with Gasteiger partial charge >= 0.3 is 0 Å². The van der Waals surface area contributed by atoms with Gasteiger partial charge in [-0.05, 0) is 20.8 Å². The summed E-state index contributed by atoms with van der Waals surface area (Å²) in [5.74, 6) is 0. The molecule has 0 nitrogen and oxygen atoms in total. The van der Waals surface area contributed by atoms with Crippen LogP contribution in [0.4, 0.5) is 0 Å². The van der Waals surface area contributed by atoms with Crippen LogP contribution in [0, 0.1) is 0 Å². The van der Waals surface area contributed by atoms with Gasteiger partial charge in [-0.1, -0.05) is 0 Å². The zero-order valence-corrected chi connectivity index (χ0v) is 11.5. The van der Waals surface area contributed by atoms with Crippen LogP contribution in [0.15, 0.2) is 0 Å². The Balaban J connectivity index is -0.000000101. The summed E-state index contributed by atoms with van der Waals surface area (Å²) in [5, 5.41) is 0. The van der Waals surface area contributed by atoms with Crippen molar-refractivity contribution in [2.24, 2.45) is 0 Å². The second kappa shape index (κ2) is 15.2. The van der Waals surface area contributed by atoms with E-state index in [4.69, 9.17) is 69.6 Å². The van der Waals surface area contributed by atoms with Gasteiger partial charge in [0, 0.05) is 0 Å². The summed E-state index contributed by atoms with van der Waals surface area (Å²) in [4.78, 5) is -0.667. The van der Waals surface area contributed by atoms with Gasteiger partial charge in [0.25, 0.3) is 0 Å². The van der Waals surface area contributed by atoms with Gasteiger partial charge in [-0.25, -0.2) is 0 Å². The molecule has 0 radical (unpaired) electrons. The first kappa shape index (κ1) is 19.3. The molecule has 0 unspecified atom stereocenters. The molecule has 6 heteroatoms. The molecule has 0 aliphatic carbocycles. The van der Waals surface area contributed by atoms with Crippen LogP contribution in [0.25, 0.3) is 0 Å². The lowest BCUT2D eigenvalue weighted by Gasteiger charge is -1.72. The first-order valence-electron chi connectivity index (χ1n) is 3.04. The van der Waals surface area contributed by atoms with Crippen LogP contribution in [-0.4, -0.2) is 14.5 Å². The third kappa shape index (κ3) is 447. The molecule has 12 heavy (non-hydrogen) atoms. The van der Waals surface area contributed by atoms with Crippen LogP contribution in [0.3, 0.4) is 0 Å². The molecule has 0 saturated heterocycles. The van der Waals surface area contributed by atoms with Crippen molar-refractivity contribution in [3.05, 3.63) is 0 Å². The average Bonchev–Trinajstić information content (AvgIpc) is 1.54. The van der Waals surface area contributed by atoms with Crippen LogP contribution in [0.1, 0.15) is 20.8 Å². The molecule has 78 valence electrons. The first-order chi connectivity index (χ1) is 5.20. The highest BCUT2D eigenvalue weighted by Gasteiger charge is 1.75. The van der Waals surface area contributed by atoms with Crippen molar-refractivity contribution in [2.45, 2.75) is 35.3 Å². The first-order valence-corrected chi connectivity index (χ1v) is 5.66. The van der Waals surface area contributed by atoms with E-state index in [-0.39, 0.29) is 14.5 Å². The number of alkyl halides is 6. The zero-order chi connectivity index (χ0) is 10.7. The fraction of sp³-hybridized carbons (Fsp3) is 1.00. The monoisotopic (exact) mass is 294 g/mol. The minimum absolute atomic E-state index is 0.222. The summed E-state index contributed by atoms with van der Waals surface area (Å²) < 4.78 is 0. The highest BCUT2D eigenvalue weighted by molar-refractivity contribution is 6.44. The lowest BCUT2D eigenvalue weighted by molar-refractivity contribution is 1.39. The van der Waals surface area contributed by atoms with Gasteiger partial charge in [0.2, 0.25) is 0 Å². The Morgan fingerprint density at radius 3 is 0.500 bits per heavy atom. The SMILES string of the molecule is CC(Cl)Cl.CC(Cl)Cl.CC(Cl)Cl. The second-order valence-corrected chi connectivity index (χ2v) is 6.15. The molecule has 0 bridgehead atoms. The van der Waals surface area contributed by atoms with Crippen molar-refractivity contribution < 1.29 is 0 Å². The molecule has 0 aliphatic rings. The molecular weight excluding hydrogens is 285 g/mol. The molecule has 0 atom stereocenters. The number of halogens is 6. The summed E-state index contributed by atoms with van der Waals surface area (Å²) >= 11 is 30.2. The van der Waals surface area contributed by atoms with Crippen LogP contribution in [0.5, 0.6) is 0 Å². The van der Waals surface area contributed by atoms with Crippen LogP contribution in [0.2, 0.25) is 0 Å². The van der Waals surface area contributed by atoms with Gasteiger partial charge in [0.05, 0.1) is 0 Å². The largest absolute Gasteiger partial charge is 0.106 e. The summed E-state index contributed by atoms with van der Waals surface area (Å²) in [6.45, 7) is 5.09. The third-order valence-electron chi connectivity index (χ3n) is 0. The van der Waals surface area contributed by atoms with Crippen molar-refractivity contribution >= 4 is 69.6 Å². The predicted octanol–water partition coefficient (Wildman–Crippen LogP) is 5.43. The van der Waals surface area contributed by atoms with E-state index in [0.717, 1.165) is 0 Å². The summed E-state index contributed by atoms with van der Waals surface area (Å²) in [7, 11) is 0. The number of rotatable bonds is 0. The van der Waals surface area contributed by atoms with Crippen LogP contribution in [-0.2, 0) is 0 Å². The lowest BCUT2D eigenvalue weighted by Crippen LogP contribution is -1.63. The Bertz CT molecular complexity index is 40.5. The maximum atomic E-state index is 5.04. The summed E-state index contributed by atoms with van der Waals surface area (Å²) in [6, 6.07) is 0. The number of hydrogen-bond acceptors (Lipinski definition) is 0. The quantitative estimate of drug-likeness (QED) is 0.523. The maximum absolute atomic E-state index is 5.04. The predicted molar refractivity (Wildman–Crippen MR) is 63.5 cm³/mol. The van der Waals surface area contributed by atoms with Gasteiger partial charge in [-0.3, -0.25) is 0 Å². The van der Waals surface area contributed by atoms with Crippen molar-refractivity contribution in [2.75, 3.05) is 0 Å². The highest BCUT2D eigenvalue weighted by atomic mass is 35.5. The Labute approximate surface area is 104 Å². The Morgan fingerprint density at radius 2 is 0.500 bits per heavy atom. The van der Waals surface area contributed by atoms with Gasteiger partial charge in [-0.15, -0.1) is 69.6 Å². The molecule has 0 saturated carbocycles. The van der Waals surface area contributed by atoms with Gasteiger partial charge < -0.3 is 0 Å². The van der Waals surface area contributed by atoms with Crippen molar-refractivity contribution in [1.82, 2.24) is 0 Å². The van der Waals surface area contributed by atoms with Gasteiger partial charge in [0.1, 0.15) is 14.5 Å². The van der Waals surface area contributed by atoms with Crippen LogP contribution < -0.4 is 0 Å². The Hall–Kier alpha value is 1.74. The van der Waals surface area contributed by atoms with E-state index < -0.39 is 0 Å². The zero-order valence-electron chi connectivity index (χ0n) is 7.00. The third-order valence-corrected chi connectivity index (χ3v) is 0. The van der Waals surface area contributed by atoms with Crippen molar-refractivity contribution in [3.8, 4) is 0 Å². The number of hydrogen-bond donors (Lipinski definition) is 0. The molecule has 0 aliphatic heterocycles. The fourth-order valence-electron chi connectivity index (χ4n) is 0. The average molecular weight is 297 g/mol. The van der Waals surface area contributed by atoms with E-state index in [2.05, 4.69) is 0 Å². The van der Waals surface area contributed by atoms with Gasteiger partial charge in [-0.2, -0.15) is 0 Å². The Morgan fingerprint density at radius 1 is 0.500 bits per heavy atom.